The van der Waals surface area contributed by atoms with Crippen molar-refractivity contribution >= 4 is 17.4 Å². The van der Waals surface area contributed by atoms with Crippen LogP contribution in [-0.4, -0.2) is 39.3 Å². The zero-order valence-corrected chi connectivity index (χ0v) is 3.00. The molecule has 0 heterocycles. The van der Waals surface area contributed by atoms with Crippen LogP contribution in [0.15, 0.2) is 0 Å². The Balaban J connectivity index is 0. The summed E-state index contributed by atoms with van der Waals surface area (Å²) in [6.07, 6.45) is 0. The van der Waals surface area contributed by atoms with E-state index in [-0.39, 0.29) is 59.6 Å². The second kappa shape index (κ2) is 157. The smallest absolute Gasteiger partial charge is 1.00 e. The fraction of sp³-hybridized carbons (Fsp3) is 0. The molecule has 0 amide bonds. The summed E-state index contributed by atoms with van der Waals surface area (Å²) in [5, 5.41) is 0. The van der Waals surface area contributed by atoms with Gasteiger partial charge in [-0.05, 0) is 0 Å². The van der Waals surface area contributed by atoms with E-state index in [1.807, 2.05) is 0 Å². The third-order valence-corrected chi connectivity index (χ3v) is 0. The molecular weight excluding hydrogens is 97.9 g/mol. The molecule has 4 nitrogen and oxygen atoms in total. The predicted octanol–water partition coefficient (Wildman–Crippen LogP) is -7.37. The molecule has 0 aliphatic heterocycles. The summed E-state index contributed by atoms with van der Waals surface area (Å²) in [6, 6.07) is 0. The zero-order valence-electron chi connectivity index (χ0n) is 4.00. The summed E-state index contributed by atoms with van der Waals surface area (Å²) < 4.78 is 0. The largest absolute Gasteiger partial charge is 1.00 e. The first-order chi connectivity index (χ1) is 0. The average molecular weight is 110 g/mol. The number of rotatable bonds is 0. The fourth-order valence-electron chi connectivity index (χ4n) is 0. The van der Waals surface area contributed by atoms with Crippen LogP contribution in [0.1, 0.15) is 1.43 Å². The second-order valence-electron chi connectivity index (χ2n) is 0. The maximum atomic E-state index is 0. The van der Waals surface area contributed by atoms with Gasteiger partial charge in [0.2, 0.25) is 0 Å². The first-order valence-corrected chi connectivity index (χ1v) is 0. The van der Waals surface area contributed by atoms with E-state index in [0.29, 0.717) is 0 Å². The SMILES string of the molecule is O.O.O.O.[AlH3].[H-].[Li+]. The minimum Gasteiger partial charge on any atom is -1.00 e. The molecule has 0 unspecified atom stereocenters. The molecule has 0 rings (SSSR count). The number of hydrogen-bond acceptors (Lipinski definition) is 0. The molecule has 0 aromatic carbocycles. The average Bonchev–Trinajstić information content (AvgIpc) is 0. The van der Waals surface area contributed by atoms with Gasteiger partial charge in [-0.3, -0.25) is 0 Å². The van der Waals surface area contributed by atoms with Gasteiger partial charge in [-0.25, -0.2) is 0 Å². The van der Waals surface area contributed by atoms with Gasteiger partial charge in [-0.15, -0.1) is 0 Å². The van der Waals surface area contributed by atoms with Crippen molar-refractivity contribution < 1.29 is 42.2 Å². The van der Waals surface area contributed by atoms with Gasteiger partial charge in [0.1, 0.15) is 0 Å². The van der Waals surface area contributed by atoms with E-state index in [9.17, 15) is 0 Å². The van der Waals surface area contributed by atoms with Crippen LogP contribution in [0, 0.1) is 0 Å². The van der Waals surface area contributed by atoms with Gasteiger partial charge in [0, 0.05) is 0 Å². The zero-order chi connectivity index (χ0) is 0. The van der Waals surface area contributed by atoms with E-state index in [1.54, 1.807) is 0 Å². The molecule has 0 atom stereocenters. The van der Waals surface area contributed by atoms with E-state index >= 15 is 0 Å². The standard InChI is InChI=1S/Al.Li.4H2O.4H/h;;4*1H2;;;;/q;+1;;;;;;;;-1. The molecule has 8 N–H and O–H groups in total. The third kappa shape index (κ3) is 83.3. The topological polar surface area (TPSA) is 126 Å². The fourth-order valence-corrected chi connectivity index (χ4v) is 0. The van der Waals surface area contributed by atoms with Crippen LogP contribution in [0.4, 0.5) is 0 Å². The van der Waals surface area contributed by atoms with Crippen LogP contribution in [-0.2, 0) is 0 Å². The minimum atomic E-state index is 0. The molecule has 0 aromatic heterocycles. The van der Waals surface area contributed by atoms with Crippen LogP contribution in [0.5, 0.6) is 0 Å². The molecule has 40 valence electrons. The van der Waals surface area contributed by atoms with Crippen molar-refractivity contribution in [2.75, 3.05) is 0 Å². The van der Waals surface area contributed by atoms with Crippen LogP contribution in [0.3, 0.4) is 0 Å². The molecule has 0 fully saturated rings. The van der Waals surface area contributed by atoms with Crippen LogP contribution >= 0.6 is 0 Å². The summed E-state index contributed by atoms with van der Waals surface area (Å²) in [4.78, 5) is 0. The normalized spacial score (nSPS) is 0. The van der Waals surface area contributed by atoms with Gasteiger partial charge >= 0.3 is 18.9 Å². The Hall–Kier alpha value is 0.970. The minimum absolute atomic E-state index is 0. The molecule has 6 heteroatoms. The molecule has 6 heavy (non-hydrogen) atoms. The van der Waals surface area contributed by atoms with Gasteiger partial charge in [-0.1, -0.05) is 0 Å². The van der Waals surface area contributed by atoms with Crippen LogP contribution in [0.2, 0.25) is 0 Å². The first kappa shape index (κ1) is 264. The first-order valence-electron chi connectivity index (χ1n) is 0. The second-order valence-corrected chi connectivity index (χ2v) is 0. The van der Waals surface area contributed by atoms with E-state index in [4.69, 9.17) is 0 Å². The van der Waals surface area contributed by atoms with Gasteiger partial charge in [-0.2, -0.15) is 0 Å². The van der Waals surface area contributed by atoms with Crippen molar-refractivity contribution in [3.8, 4) is 0 Å². The molecular formula is H12AlLiO4. The van der Waals surface area contributed by atoms with E-state index < -0.39 is 0 Å². The Bertz CT molecular complexity index is 11.7. The molecule has 0 aliphatic carbocycles. The molecule has 0 saturated heterocycles. The van der Waals surface area contributed by atoms with E-state index in [0.717, 1.165) is 0 Å². The van der Waals surface area contributed by atoms with Crippen molar-refractivity contribution in [2.24, 2.45) is 0 Å². The molecule has 0 saturated carbocycles. The van der Waals surface area contributed by atoms with Gasteiger partial charge in [0.25, 0.3) is 0 Å². The maximum Gasteiger partial charge on any atom is 1.00 e. The molecule has 0 aliphatic rings. The van der Waals surface area contributed by atoms with Gasteiger partial charge in [0.15, 0.2) is 17.4 Å². The summed E-state index contributed by atoms with van der Waals surface area (Å²) >= 11 is 0. The van der Waals surface area contributed by atoms with E-state index in [1.165, 1.54) is 0 Å². The molecule has 0 aromatic rings. The van der Waals surface area contributed by atoms with Crippen molar-refractivity contribution in [3.63, 3.8) is 0 Å². The van der Waals surface area contributed by atoms with Crippen molar-refractivity contribution in [1.29, 1.82) is 0 Å². The van der Waals surface area contributed by atoms with Gasteiger partial charge < -0.3 is 23.3 Å². The quantitative estimate of drug-likeness (QED) is 0.274. The summed E-state index contributed by atoms with van der Waals surface area (Å²) in [5.41, 5.74) is 0. The Labute approximate surface area is 59.9 Å². The Morgan fingerprint density at radius 2 is 0.667 bits per heavy atom. The molecule has 0 radical (unpaired) electrons. The van der Waals surface area contributed by atoms with Gasteiger partial charge in [0.05, 0.1) is 0 Å². The third-order valence-electron chi connectivity index (χ3n) is 0. The predicted molar refractivity (Wildman–Crippen MR) is 25.5 cm³/mol. The number of hydrogen-bond donors (Lipinski definition) is 0. The Kier molecular flexibility index (Phi) is 6900. The van der Waals surface area contributed by atoms with Crippen molar-refractivity contribution in [3.05, 3.63) is 0 Å². The molecule has 0 bridgehead atoms. The summed E-state index contributed by atoms with van der Waals surface area (Å²) in [5.74, 6) is 0. The van der Waals surface area contributed by atoms with Crippen LogP contribution in [0.25, 0.3) is 0 Å². The molecule has 0 spiro atoms. The summed E-state index contributed by atoms with van der Waals surface area (Å²) in [7, 11) is 0. The van der Waals surface area contributed by atoms with Crippen LogP contribution < -0.4 is 18.9 Å². The van der Waals surface area contributed by atoms with Crippen molar-refractivity contribution in [2.45, 2.75) is 0 Å². The van der Waals surface area contributed by atoms with E-state index in [2.05, 4.69) is 0 Å². The Morgan fingerprint density at radius 1 is 0.667 bits per heavy atom. The van der Waals surface area contributed by atoms with Crippen molar-refractivity contribution in [1.82, 2.24) is 0 Å². The Morgan fingerprint density at radius 3 is 0.667 bits per heavy atom. The summed E-state index contributed by atoms with van der Waals surface area (Å²) in [6.45, 7) is 0. The maximum absolute atomic E-state index is 0. The monoisotopic (exact) mass is 110 g/mol.